The maximum Gasteiger partial charge on any atom is 0.347 e. The standard InChI is InChI=1S/C21H17N3O/c25-21(24-20-9-5-4-8-18(20)15-22-24)23-19-12-10-17(11-13-19)14-16-6-2-1-3-7-16/h1-13,15H,14H2,(H,23,25). The minimum Gasteiger partial charge on any atom is -0.306 e. The van der Waals surface area contributed by atoms with Crippen LogP contribution in [0.1, 0.15) is 11.1 Å². The lowest BCUT2D eigenvalue weighted by atomic mass is 10.0. The summed E-state index contributed by atoms with van der Waals surface area (Å²) in [7, 11) is 0. The number of amides is 1. The van der Waals surface area contributed by atoms with Crippen LogP contribution in [0, 0.1) is 0 Å². The van der Waals surface area contributed by atoms with Crippen molar-refractivity contribution in [3.63, 3.8) is 0 Å². The summed E-state index contributed by atoms with van der Waals surface area (Å²) in [5.41, 5.74) is 4.01. The number of fused-ring (bicyclic) bond motifs is 1. The van der Waals surface area contributed by atoms with Crippen molar-refractivity contribution in [2.75, 3.05) is 5.32 Å². The second kappa shape index (κ2) is 6.61. The predicted octanol–water partition coefficient (Wildman–Crippen LogP) is 4.71. The molecule has 0 bridgehead atoms. The smallest absolute Gasteiger partial charge is 0.306 e. The molecule has 0 aliphatic heterocycles. The number of hydrogen-bond donors (Lipinski definition) is 1. The van der Waals surface area contributed by atoms with Crippen LogP contribution in [-0.2, 0) is 6.42 Å². The average molecular weight is 327 g/mol. The highest BCUT2D eigenvalue weighted by Gasteiger charge is 2.10. The van der Waals surface area contributed by atoms with Crippen molar-refractivity contribution in [2.45, 2.75) is 6.42 Å². The van der Waals surface area contributed by atoms with Crippen LogP contribution >= 0.6 is 0 Å². The van der Waals surface area contributed by atoms with Gasteiger partial charge in [0.15, 0.2) is 0 Å². The monoisotopic (exact) mass is 327 g/mol. The van der Waals surface area contributed by atoms with Gasteiger partial charge in [0.25, 0.3) is 0 Å². The first kappa shape index (κ1) is 15.1. The predicted molar refractivity (Wildman–Crippen MR) is 99.8 cm³/mol. The molecular weight excluding hydrogens is 310 g/mol. The van der Waals surface area contributed by atoms with Crippen molar-refractivity contribution < 1.29 is 4.79 Å². The third-order valence-corrected chi connectivity index (χ3v) is 4.13. The molecule has 122 valence electrons. The number of nitrogens with zero attached hydrogens (tertiary/aromatic N) is 2. The summed E-state index contributed by atoms with van der Waals surface area (Å²) >= 11 is 0. The van der Waals surface area contributed by atoms with Gasteiger partial charge in [0, 0.05) is 11.1 Å². The Morgan fingerprint density at radius 1 is 0.840 bits per heavy atom. The minimum absolute atomic E-state index is 0.267. The van der Waals surface area contributed by atoms with Crippen molar-refractivity contribution in [3.8, 4) is 0 Å². The van der Waals surface area contributed by atoms with Crippen molar-refractivity contribution in [3.05, 3.63) is 96.2 Å². The average Bonchev–Trinajstić information content (AvgIpc) is 3.08. The van der Waals surface area contributed by atoms with Gasteiger partial charge in [0.1, 0.15) is 0 Å². The fraction of sp³-hybridized carbons (Fsp3) is 0.0476. The molecule has 0 saturated heterocycles. The fourth-order valence-electron chi connectivity index (χ4n) is 2.85. The van der Waals surface area contributed by atoms with Gasteiger partial charge in [-0.25, -0.2) is 4.79 Å². The molecule has 4 heteroatoms. The molecule has 25 heavy (non-hydrogen) atoms. The lowest BCUT2D eigenvalue weighted by Gasteiger charge is -2.07. The van der Waals surface area contributed by atoms with E-state index in [-0.39, 0.29) is 6.03 Å². The Balaban J connectivity index is 1.48. The second-order valence-electron chi connectivity index (χ2n) is 5.90. The van der Waals surface area contributed by atoms with E-state index in [2.05, 4.69) is 22.5 Å². The Kier molecular flexibility index (Phi) is 4.01. The second-order valence-corrected chi connectivity index (χ2v) is 5.90. The maximum absolute atomic E-state index is 12.5. The SMILES string of the molecule is O=C(Nc1ccc(Cc2ccccc2)cc1)n1ncc2ccccc21. The Morgan fingerprint density at radius 3 is 2.32 bits per heavy atom. The van der Waals surface area contributed by atoms with E-state index in [1.54, 1.807) is 6.20 Å². The largest absolute Gasteiger partial charge is 0.347 e. The number of aromatic nitrogens is 2. The quantitative estimate of drug-likeness (QED) is 0.592. The molecule has 4 rings (SSSR count). The van der Waals surface area contributed by atoms with Crippen LogP contribution in [0.4, 0.5) is 10.5 Å². The summed E-state index contributed by atoms with van der Waals surface area (Å²) in [5, 5.41) is 8.00. The minimum atomic E-state index is -0.267. The van der Waals surface area contributed by atoms with E-state index in [1.165, 1.54) is 15.8 Å². The topological polar surface area (TPSA) is 46.9 Å². The Bertz CT molecular complexity index is 1000. The lowest BCUT2D eigenvalue weighted by Crippen LogP contribution is -2.20. The normalized spacial score (nSPS) is 10.7. The zero-order valence-electron chi connectivity index (χ0n) is 13.6. The molecule has 1 aromatic heterocycles. The van der Waals surface area contributed by atoms with Crippen molar-refractivity contribution in [2.24, 2.45) is 0 Å². The molecule has 4 aromatic rings. The van der Waals surface area contributed by atoms with Crippen molar-refractivity contribution in [1.82, 2.24) is 9.78 Å². The third kappa shape index (κ3) is 3.28. The van der Waals surface area contributed by atoms with Gasteiger partial charge >= 0.3 is 6.03 Å². The van der Waals surface area contributed by atoms with Gasteiger partial charge in [0.05, 0.1) is 11.7 Å². The molecule has 3 aromatic carbocycles. The van der Waals surface area contributed by atoms with Crippen molar-refractivity contribution >= 4 is 22.6 Å². The summed E-state index contributed by atoms with van der Waals surface area (Å²) in [5.74, 6) is 0. The zero-order chi connectivity index (χ0) is 17.1. The number of benzene rings is 3. The van der Waals surface area contributed by atoms with Gasteiger partial charge in [-0.2, -0.15) is 9.78 Å². The van der Waals surface area contributed by atoms with E-state index < -0.39 is 0 Å². The van der Waals surface area contributed by atoms with Crippen LogP contribution in [0.3, 0.4) is 0 Å². The lowest BCUT2D eigenvalue weighted by molar-refractivity contribution is 0.252. The van der Waals surface area contributed by atoms with Crippen LogP contribution in [0.25, 0.3) is 10.9 Å². The summed E-state index contributed by atoms with van der Waals surface area (Å²) in [4.78, 5) is 12.5. The molecule has 0 spiro atoms. The number of carbonyl (C=O) groups excluding carboxylic acids is 1. The van der Waals surface area contributed by atoms with Crippen LogP contribution in [0.2, 0.25) is 0 Å². The van der Waals surface area contributed by atoms with Gasteiger partial charge in [0.2, 0.25) is 0 Å². The number of para-hydroxylation sites is 1. The molecule has 0 saturated carbocycles. The first-order valence-corrected chi connectivity index (χ1v) is 8.16. The first-order valence-electron chi connectivity index (χ1n) is 8.16. The molecule has 0 unspecified atom stereocenters. The van der Waals surface area contributed by atoms with Crippen molar-refractivity contribution in [1.29, 1.82) is 0 Å². The van der Waals surface area contributed by atoms with E-state index in [9.17, 15) is 4.79 Å². The molecule has 1 heterocycles. The summed E-state index contributed by atoms with van der Waals surface area (Å²) in [6.07, 6.45) is 2.57. The van der Waals surface area contributed by atoms with Gasteiger partial charge in [-0.3, -0.25) is 0 Å². The highest BCUT2D eigenvalue weighted by Crippen LogP contribution is 2.16. The molecule has 0 fully saturated rings. The summed E-state index contributed by atoms with van der Waals surface area (Å²) in [6, 6.07) is 25.6. The van der Waals surface area contributed by atoms with Gasteiger partial charge in [-0.15, -0.1) is 0 Å². The highest BCUT2D eigenvalue weighted by molar-refractivity contribution is 5.97. The van der Waals surface area contributed by atoms with E-state index in [1.807, 2.05) is 66.7 Å². The summed E-state index contributed by atoms with van der Waals surface area (Å²) < 4.78 is 1.38. The number of nitrogens with one attached hydrogen (secondary N) is 1. The van der Waals surface area contributed by atoms with E-state index in [4.69, 9.17) is 0 Å². The number of anilines is 1. The van der Waals surface area contributed by atoms with E-state index in [0.29, 0.717) is 0 Å². The van der Waals surface area contributed by atoms with Gasteiger partial charge in [-0.1, -0.05) is 60.7 Å². The molecular formula is C21H17N3O. The van der Waals surface area contributed by atoms with Crippen LogP contribution < -0.4 is 5.32 Å². The van der Waals surface area contributed by atoms with Crippen LogP contribution in [-0.4, -0.2) is 15.8 Å². The Morgan fingerprint density at radius 2 is 1.52 bits per heavy atom. The highest BCUT2D eigenvalue weighted by atomic mass is 16.2. The molecule has 4 nitrogen and oxygen atoms in total. The number of hydrogen-bond acceptors (Lipinski definition) is 2. The van der Waals surface area contributed by atoms with Gasteiger partial charge in [-0.05, 0) is 35.7 Å². The third-order valence-electron chi connectivity index (χ3n) is 4.13. The maximum atomic E-state index is 12.5. The Labute approximate surface area is 145 Å². The summed E-state index contributed by atoms with van der Waals surface area (Å²) in [6.45, 7) is 0. The van der Waals surface area contributed by atoms with E-state index >= 15 is 0 Å². The molecule has 0 aliphatic carbocycles. The molecule has 0 aliphatic rings. The fourth-order valence-corrected chi connectivity index (χ4v) is 2.85. The molecule has 1 N–H and O–H groups in total. The Hall–Kier alpha value is -3.40. The van der Waals surface area contributed by atoms with Crippen LogP contribution in [0.15, 0.2) is 85.1 Å². The molecule has 1 amide bonds. The number of rotatable bonds is 3. The van der Waals surface area contributed by atoms with Crippen LogP contribution in [0.5, 0.6) is 0 Å². The van der Waals surface area contributed by atoms with Gasteiger partial charge < -0.3 is 5.32 Å². The van der Waals surface area contributed by atoms with E-state index in [0.717, 1.165) is 23.0 Å². The molecule has 0 atom stereocenters. The number of carbonyl (C=O) groups is 1. The molecule has 0 radical (unpaired) electrons. The first-order chi connectivity index (χ1) is 12.3. The zero-order valence-corrected chi connectivity index (χ0v) is 13.6.